The SMILES string of the molecule is Cc1cc(C2CCCN2C(=O)c2ccc3sccc3c2)on1. The van der Waals surface area contributed by atoms with E-state index in [0.29, 0.717) is 0 Å². The fourth-order valence-corrected chi connectivity index (χ4v) is 3.88. The molecule has 1 aromatic carbocycles. The molecule has 4 nitrogen and oxygen atoms in total. The number of thiophene rings is 1. The second-order valence-electron chi connectivity index (χ2n) is 5.70. The third kappa shape index (κ3) is 2.22. The van der Waals surface area contributed by atoms with Gasteiger partial charge in [-0.1, -0.05) is 5.16 Å². The number of hydrogen-bond donors (Lipinski definition) is 0. The number of benzene rings is 1. The molecule has 2 aromatic heterocycles. The van der Waals surface area contributed by atoms with Crippen LogP contribution in [0.4, 0.5) is 0 Å². The van der Waals surface area contributed by atoms with Crippen LogP contribution in [-0.4, -0.2) is 22.5 Å². The summed E-state index contributed by atoms with van der Waals surface area (Å²) in [4.78, 5) is 14.8. The van der Waals surface area contributed by atoms with Crippen molar-refractivity contribution in [1.29, 1.82) is 0 Å². The van der Waals surface area contributed by atoms with Crippen LogP contribution in [0.2, 0.25) is 0 Å². The number of aromatic nitrogens is 1. The van der Waals surface area contributed by atoms with E-state index in [0.717, 1.165) is 41.8 Å². The first-order chi connectivity index (χ1) is 10.7. The van der Waals surface area contributed by atoms with E-state index < -0.39 is 0 Å². The third-order valence-electron chi connectivity index (χ3n) is 4.19. The number of carbonyl (C=O) groups is 1. The average molecular weight is 312 g/mol. The number of carbonyl (C=O) groups excluding carboxylic acids is 1. The standard InChI is InChI=1S/C17H16N2O2S/c1-11-9-15(21-18-11)14-3-2-7-19(14)17(20)13-4-5-16-12(10-13)6-8-22-16/h4-6,8-10,14H,2-3,7H2,1H3. The van der Waals surface area contributed by atoms with Gasteiger partial charge < -0.3 is 9.42 Å². The quantitative estimate of drug-likeness (QED) is 0.713. The van der Waals surface area contributed by atoms with Crippen LogP contribution in [0.1, 0.15) is 40.7 Å². The summed E-state index contributed by atoms with van der Waals surface area (Å²) in [5.41, 5.74) is 1.60. The Balaban J connectivity index is 1.65. The Labute approximate surface area is 132 Å². The zero-order valence-electron chi connectivity index (χ0n) is 12.3. The van der Waals surface area contributed by atoms with E-state index in [1.807, 2.05) is 36.1 Å². The Morgan fingerprint density at radius 1 is 1.36 bits per heavy atom. The Bertz CT molecular complexity index is 836. The van der Waals surface area contributed by atoms with E-state index in [1.165, 1.54) is 4.70 Å². The molecule has 0 bridgehead atoms. The van der Waals surface area contributed by atoms with Gasteiger partial charge in [0, 0.05) is 22.9 Å². The van der Waals surface area contributed by atoms with Crippen molar-refractivity contribution >= 4 is 27.3 Å². The fourth-order valence-electron chi connectivity index (χ4n) is 3.11. The van der Waals surface area contributed by atoms with Crippen molar-refractivity contribution in [2.45, 2.75) is 25.8 Å². The van der Waals surface area contributed by atoms with Gasteiger partial charge in [-0.25, -0.2) is 0 Å². The van der Waals surface area contributed by atoms with Crippen molar-refractivity contribution in [3.8, 4) is 0 Å². The van der Waals surface area contributed by atoms with Crippen molar-refractivity contribution in [2.75, 3.05) is 6.54 Å². The second-order valence-corrected chi connectivity index (χ2v) is 6.65. The number of fused-ring (bicyclic) bond motifs is 1. The van der Waals surface area contributed by atoms with Gasteiger partial charge in [-0.15, -0.1) is 11.3 Å². The lowest BCUT2D eigenvalue weighted by molar-refractivity contribution is 0.0715. The zero-order chi connectivity index (χ0) is 15.1. The molecular weight excluding hydrogens is 296 g/mol. The molecule has 112 valence electrons. The summed E-state index contributed by atoms with van der Waals surface area (Å²) in [6.07, 6.45) is 1.93. The van der Waals surface area contributed by atoms with Crippen molar-refractivity contribution in [3.05, 3.63) is 52.7 Å². The highest BCUT2D eigenvalue weighted by Crippen LogP contribution is 2.34. The van der Waals surface area contributed by atoms with Gasteiger partial charge in [-0.2, -0.15) is 0 Å². The average Bonchev–Trinajstić information content (AvgIpc) is 3.25. The number of aryl methyl sites for hydroxylation is 1. The Kier molecular flexibility index (Phi) is 3.22. The van der Waals surface area contributed by atoms with Crippen LogP contribution >= 0.6 is 11.3 Å². The monoisotopic (exact) mass is 312 g/mol. The van der Waals surface area contributed by atoms with Crippen LogP contribution in [0.25, 0.3) is 10.1 Å². The lowest BCUT2D eigenvalue weighted by Crippen LogP contribution is -2.30. The number of likely N-dealkylation sites (tertiary alicyclic amines) is 1. The maximum absolute atomic E-state index is 12.9. The molecule has 0 saturated carbocycles. The van der Waals surface area contributed by atoms with Gasteiger partial charge >= 0.3 is 0 Å². The van der Waals surface area contributed by atoms with Gasteiger partial charge in [0.2, 0.25) is 0 Å². The molecule has 1 atom stereocenters. The predicted molar refractivity (Wildman–Crippen MR) is 86.1 cm³/mol. The van der Waals surface area contributed by atoms with E-state index in [9.17, 15) is 4.79 Å². The molecule has 0 spiro atoms. The predicted octanol–water partition coefficient (Wildman–Crippen LogP) is 4.18. The molecular formula is C17H16N2O2S. The third-order valence-corrected chi connectivity index (χ3v) is 5.09. The highest BCUT2D eigenvalue weighted by atomic mass is 32.1. The van der Waals surface area contributed by atoms with Gasteiger partial charge in [0.05, 0.1) is 11.7 Å². The minimum Gasteiger partial charge on any atom is -0.359 e. The van der Waals surface area contributed by atoms with Crippen LogP contribution in [0.3, 0.4) is 0 Å². The smallest absolute Gasteiger partial charge is 0.254 e. The first kappa shape index (κ1) is 13.5. The Hall–Kier alpha value is -2.14. The molecule has 4 rings (SSSR count). The normalized spacial score (nSPS) is 18.2. The van der Waals surface area contributed by atoms with Crippen molar-refractivity contribution in [1.82, 2.24) is 10.1 Å². The van der Waals surface area contributed by atoms with Crippen molar-refractivity contribution in [3.63, 3.8) is 0 Å². The maximum Gasteiger partial charge on any atom is 0.254 e. The highest BCUT2D eigenvalue weighted by molar-refractivity contribution is 7.17. The van der Waals surface area contributed by atoms with Crippen LogP contribution in [0.5, 0.6) is 0 Å². The van der Waals surface area contributed by atoms with Crippen LogP contribution in [0, 0.1) is 6.92 Å². The molecule has 0 radical (unpaired) electrons. The summed E-state index contributed by atoms with van der Waals surface area (Å²) in [5.74, 6) is 0.865. The Morgan fingerprint density at radius 3 is 3.09 bits per heavy atom. The summed E-state index contributed by atoms with van der Waals surface area (Å²) in [7, 11) is 0. The number of nitrogens with zero attached hydrogens (tertiary/aromatic N) is 2. The van der Waals surface area contributed by atoms with Crippen LogP contribution < -0.4 is 0 Å². The lowest BCUT2D eigenvalue weighted by atomic mass is 10.1. The highest BCUT2D eigenvalue weighted by Gasteiger charge is 2.33. The molecule has 1 amide bonds. The molecule has 0 N–H and O–H groups in total. The summed E-state index contributed by atoms with van der Waals surface area (Å²) in [6.45, 7) is 2.67. The lowest BCUT2D eigenvalue weighted by Gasteiger charge is -2.22. The molecule has 3 heterocycles. The van der Waals surface area contributed by atoms with Crippen LogP contribution in [0.15, 0.2) is 40.2 Å². The van der Waals surface area contributed by atoms with Gasteiger partial charge in [0.25, 0.3) is 5.91 Å². The molecule has 5 heteroatoms. The summed E-state index contributed by atoms with van der Waals surface area (Å²) < 4.78 is 6.59. The molecule has 0 aliphatic carbocycles. The summed E-state index contributed by atoms with van der Waals surface area (Å²) >= 11 is 1.69. The fraction of sp³-hybridized carbons (Fsp3) is 0.294. The molecule has 1 aliphatic rings. The van der Waals surface area contributed by atoms with E-state index in [4.69, 9.17) is 4.52 Å². The first-order valence-corrected chi connectivity index (χ1v) is 8.32. The van der Waals surface area contributed by atoms with Crippen molar-refractivity contribution in [2.24, 2.45) is 0 Å². The zero-order valence-corrected chi connectivity index (χ0v) is 13.1. The summed E-state index contributed by atoms with van der Waals surface area (Å²) in [6, 6.07) is 9.91. The number of hydrogen-bond acceptors (Lipinski definition) is 4. The molecule has 22 heavy (non-hydrogen) atoms. The van der Waals surface area contributed by atoms with Gasteiger partial charge in [-0.3, -0.25) is 4.79 Å². The first-order valence-electron chi connectivity index (χ1n) is 7.44. The molecule has 1 saturated heterocycles. The van der Waals surface area contributed by atoms with Gasteiger partial charge in [0.15, 0.2) is 5.76 Å². The maximum atomic E-state index is 12.9. The number of amides is 1. The van der Waals surface area contributed by atoms with Gasteiger partial charge in [0.1, 0.15) is 0 Å². The van der Waals surface area contributed by atoms with Gasteiger partial charge in [-0.05, 0) is 54.8 Å². The Morgan fingerprint density at radius 2 is 2.27 bits per heavy atom. The number of rotatable bonds is 2. The van der Waals surface area contributed by atoms with E-state index in [-0.39, 0.29) is 11.9 Å². The minimum absolute atomic E-state index is 0.00636. The second kappa shape index (κ2) is 5.25. The molecule has 3 aromatic rings. The van der Waals surface area contributed by atoms with E-state index in [1.54, 1.807) is 11.3 Å². The minimum atomic E-state index is 0.00636. The topological polar surface area (TPSA) is 46.3 Å². The van der Waals surface area contributed by atoms with Crippen LogP contribution in [-0.2, 0) is 0 Å². The van der Waals surface area contributed by atoms with E-state index in [2.05, 4.69) is 16.6 Å². The molecule has 1 unspecified atom stereocenters. The van der Waals surface area contributed by atoms with Crippen molar-refractivity contribution < 1.29 is 9.32 Å². The molecule has 1 fully saturated rings. The van der Waals surface area contributed by atoms with E-state index >= 15 is 0 Å². The largest absolute Gasteiger partial charge is 0.359 e. The summed E-state index contributed by atoms with van der Waals surface area (Å²) in [5, 5.41) is 7.13. The molecule has 1 aliphatic heterocycles.